The first-order valence-electron chi connectivity index (χ1n) is 17.7. The molecule has 8 aromatic carbocycles. The third-order valence-corrected chi connectivity index (χ3v) is 11.4. The summed E-state index contributed by atoms with van der Waals surface area (Å²) in [5, 5.41) is 15.6. The van der Waals surface area contributed by atoms with Crippen LogP contribution in [0.3, 0.4) is 0 Å². The van der Waals surface area contributed by atoms with Gasteiger partial charge in [0.05, 0.1) is 11.4 Å². The molecule has 11 rings (SSSR count). The summed E-state index contributed by atoms with van der Waals surface area (Å²) >= 11 is 0. The maximum atomic E-state index is 5.00. The standard InChI is InChI=1S/C49H32N2/c1-49(2)41-25-29(9-11-31-13-15-37-19-17-33-5-3-7-35-21-23-39(31)45(37)43(33)35)27-50-47(41)48-42(49)26-30(28-51-48)10-12-32-14-16-38-20-18-34-6-4-8-36-22-24-40(32)46(38)44(34)36/h3-28H,1-2H3/b11-9+,12-10+. The predicted octanol–water partition coefficient (Wildman–Crippen LogP) is 12.9. The second kappa shape index (κ2) is 10.3. The minimum Gasteiger partial charge on any atom is -0.254 e. The van der Waals surface area contributed by atoms with Gasteiger partial charge in [-0.25, -0.2) is 0 Å². The van der Waals surface area contributed by atoms with Crippen LogP contribution in [0.25, 0.3) is 100 Å². The van der Waals surface area contributed by atoms with Crippen molar-refractivity contribution in [1.82, 2.24) is 9.97 Å². The number of hydrogen-bond acceptors (Lipinski definition) is 2. The average molecular weight is 649 g/mol. The van der Waals surface area contributed by atoms with Crippen LogP contribution in [-0.4, -0.2) is 9.97 Å². The van der Waals surface area contributed by atoms with Gasteiger partial charge in [-0.05, 0) is 110 Å². The van der Waals surface area contributed by atoms with Gasteiger partial charge < -0.3 is 0 Å². The van der Waals surface area contributed by atoms with E-state index in [9.17, 15) is 0 Å². The van der Waals surface area contributed by atoms with Crippen molar-refractivity contribution in [3.8, 4) is 11.4 Å². The number of benzene rings is 8. The van der Waals surface area contributed by atoms with E-state index in [2.05, 4.69) is 159 Å². The molecule has 51 heavy (non-hydrogen) atoms. The molecule has 0 N–H and O–H groups in total. The van der Waals surface area contributed by atoms with Crippen molar-refractivity contribution in [3.63, 3.8) is 0 Å². The Hall–Kier alpha value is -6.38. The first-order valence-corrected chi connectivity index (χ1v) is 17.7. The zero-order chi connectivity index (χ0) is 33.8. The Labute approximate surface area is 295 Å². The Kier molecular flexibility index (Phi) is 5.76. The van der Waals surface area contributed by atoms with Crippen molar-refractivity contribution in [3.05, 3.63) is 167 Å². The van der Waals surface area contributed by atoms with Crippen LogP contribution in [0.2, 0.25) is 0 Å². The average Bonchev–Trinajstić information content (AvgIpc) is 3.39. The van der Waals surface area contributed by atoms with Gasteiger partial charge in [-0.3, -0.25) is 9.97 Å². The van der Waals surface area contributed by atoms with E-state index in [1.807, 2.05) is 12.4 Å². The molecule has 1 aliphatic carbocycles. The van der Waals surface area contributed by atoms with Crippen molar-refractivity contribution in [2.75, 3.05) is 0 Å². The number of aromatic nitrogens is 2. The van der Waals surface area contributed by atoms with Crippen LogP contribution in [0.5, 0.6) is 0 Å². The van der Waals surface area contributed by atoms with E-state index in [1.54, 1.807) is 0 Å². The summed E-state index contributed by atoms with van der Waals surface area (Å²) < 4.78 is 0. The summed E-state index contributed by atoms with van der Waals surface area (Å²) in [6.45, 7) is 4.59. The molecule has 0 amide bonds. The highest BCUT2D eigenvalue weighted by Gasteiger charge is 2.37. The summed E-state index contributed by atoms with van der Waals surface area (Å²) in [6, 6.07) is 44.7. The molecule has 0 unspecified atom stereocenters. The van der Waals surface area contributed by atoms with E-state index >= 15 is 0 Å². The minimum atomic E-state index is -0.224. The van der Waals surface area contributed by atoms with Gasteiger partial charge >= 0.3 is 0 Å². The lowest BCUT2D eigenvalue weighted by molar-refractivity contribution is 0.657. The van der Waals surface area contributed by atoms with E-state index in [-0.39, 0.29) is 5.41 Å². The third-order valence-electron chi connectivity index (χ3n) is 11.4. The Bertz CT molecular complexity index is 2860. The normalized spacial score (nSPS) is 14.1. The first-order chi connectivity index (χ1) is 25.0. The van der Waals surface area contributed by atoms with Crippen molar-refractivity contribution < 1.29 is 0 Å². The quantitative estimate of drug-likeness (QED) is 0.178. The number of nitrogens with zero attached hydrogens (tertiary/aromatic N) is 2. The van der Waals surface area contributed by atoms with Gasteiger partial charge in [0, 0.05) is 17.8 Å². The summed E-state index contributed by atoms with van der Waals surface area (Å²) in [5.41, 5.74) is 8.79. The van der Waals surface area contributed by atoms with Crippen LogP contribution in [0.4, 0.5) is 0 Å². The molecular weight excluding hydrogens is 617 g/mol. The number of hydrogen-bond donors (Lipinski definition) is 0. The SMILES string of the molecule is CC1(C)c2cc(/C=C/c3ccc4ccc5cccc6ccc3c4c56)cnc2-c2ncc(/C=C/c3ccc4ccc5cccc6ccc3c4c56)cc21. The zero-order valence-electron chi connectivity index (χ0n) is 28.4. The highest BCUT2D eigenvalue weighted by atomic mass is 14.8. The number of rotatable bonds is 4. The molecule has 10 aromatic rings. The molecule has 238 valence electrons. The summed E-state index contributed by atoms with van der Waals surface area (Å²) in [5.74, 6) is 0. The molecule has 0 atom stereocenters. The lowest BCUT2D eigenvalue weighted by atomic mass is 9.82. The number of fused-ring (bicyclic) bond motifs is 3. The van der Waals surface area contributed by atoms with Gasteiger partial charge in [0.25, 0.3) is 0 Å². The molecule has 2 nitrogen and oxygen atoms in total. The van der Waals surface area contributed by atoms with Crippen LogP contribution in [0.15, 0.2) is 134 Å². The molecule has 0 bridgehead atoms. The van der Waals surface area contributed by atoms with Gasteiger partial charge in [-0.15, -0.1) is 0 Å². The molecule has 0 saturated carbocycles. The molecule has 0 spiro atoms. The highest BCUT2D eigenvalue weighted by molar-refractivity contribution is 6.25. The topological polar surface area (TPSA) is 25.8 Å². The molecule has 2 heterocycles. The lowest BCUT2D eigenvalue weighted by Gasteiger charge is -2.21. The molecule has 1 aliphatic rings. The zero-order valence-corrected chi connectivity index (χ0v) is 28.4. The molecule has 2 aromatic heterocycles. The summed E-state index contributed by atoms with van der Waals surface area (Å²) in [6.07, 6.45) is 12.9. The van der Waals surface area contributed by atoms with Crippen molar-refractivity contribution in [2.24, 2.45) is 0 Å². The Morgan fingerprint density at radius 2 is 0.784 bits per heavy atom. The van der Waals surface area contributed by atoms with Crippen LogP contribution in [0, 0.1) is 0 Å². The fourth-order valence-electron chi connectivity index (χ4n) is 8.80. The van der Waals surface area contributed by atoms with Gasteiger partial charge in [-0.2, -0.15) is 0 Å². The van der Waals surface area contributed by atoms with Gasteiger partial charge in [0.1, 0.15) is 0 Å². The van der Waals surface area contributed by atoms with Crippen LogP contribution >= 0.6 is 0 Å². The van der Waals surface area contributed by atoms with Crippen LogP contribution < -0.4 is 0 Å². The lowest BCUT2D eigenvalue weighted by Crippen LogP contribution is -2.15. The van der Waals surface area contributed by atoms with Gasteiger partial charge in [0.2, 0.25) is 0 Å². The smallest absolute Gasteiger partial charge is 0.0930 e. The molecular formula is C49H32N2. The maximum absolute atomic E-state index is 5.00. The summed E-state index contributed by atoms with van der Waals surface area (Å²) in [4.78, 5) is 10.0. The van der Waals surface area contributed by atoms with E-state index in [4.69, 9.17) is 9.97 Å². The Balaban J connectivity index is 0.931. The molecule has 0 fully saturated rings. The van der Waals surface area contributed by atoms with Crippen LogP contribution in [-0.2, 0) is 5.41 Å². The summed E-state index contributed by atoms with van der Waals surface area (Å²) in [7, 11) is 0. The van der Waals surface area contributed by atoms with Crippen LogP contribution in [0.1, 0.15) is 47.2 Å². The van der Waals surface area contributed by atoms with Crippen molar-refractivity contribution in [2.45, 2.75) is 19.3 Å². The number of pyridine rings is 2. The fraction of sp³-hybridized carbons (Fsp3) is 0.0612. The monoisotopic (exact) mass is 648 g/mol. The van der Waals surface area contributed by atoms with E-state index in [0.717, 1.165) is 22.5 Å². The third kappa shape index (κ3) is 4.11. The van der Waals surface area contributed by atoms with Gasteiger partial charge in [0.15, 0.2) is 0 Å². The van der Waals surface area contributed by atoms with Crippen molar-refractivity contribution in [1.29, 1.82) is 0 Å². The molecule has 2 heteroatoms. The van der Waals surface area contributed by atoms with E-state index in [0.29, 0.717) is 0 Å². The van der Waals surface area contributed by atoms with Gasteiger partial charge in [-0.1, -0.05) is 147 Å². The highest BCUT2D eigenvalue weighted by Crippen LogP contribution is 2.47. The van der Waals surface area contributed by atoms with E-state index in [1.165, 1.54) is 86.9 Å². The second-order valence-electron chi connectivity index (χ2n) is 14.6. The minimum absolute atomic E-state index is 0.224. The fourth-order valence-corrected chi connectivity index (χ4v) is 8.80. The van der Waals surface area contributed by atoms with E-state index < -0.39 is 0 Å². The first kappa shape index (κ1) is 28.5. The Morgan fingerprint density at radius 3 is 1.22 bits per heavy atom. The largest absolute Gasteiger partial charge is 0.254 e. The maximum Gasteiger partial charge on any atom is 0.0930 e. The Morgan fingerprint density at radius 1 is 0.412 bits per heavy atom. The van der Waals surface area contributed by atoms with Crippen molar-refractivity contribution >= 4 is 88.9 Å². The predicted molar refractivity (Wildman–Crippen MR) is 218 cm³/mol. The molecule has 0 aliphatic heterocycles. The molecule has 0 saturated heterocycles. The molecule has 0 radical (unpaired) electrons. The second-order valence-corrected chi connectivity index (χ2v) is 14.6.